The molecule has 11 heteroatoms. The Morgan fingerprint density at radius 3 is 2.61 bits per heavy atom. The highest BCUT2D eigenvalue weighted by atomic mass is 32.1. The minimum absolute atomic E-state index is 0.0745. The van der Waals surface area contributed by atoms with E-state index in [9.17, 15) is 4.79 Å². The fraction of sp³-hybridized carbons (Fsp3) is 0.400. The molecule has 0 radical (unpaired) electrons. The topological polar surface area (TPSA) is 106 Å². The predicted molar refractivity (Wildman–Crippen MR) is 141 cm³/mol. The molecule has 188 valence electrons. The normalized spacial score (nSPS) is 14.0. The summed E-state index contributed by atoms with van der Waals surface area (Å²) in [5.41, 5.74) is 4.70. The predicted octanol–water partition coefficient (Wildman–Crippen LogP) is 3.86. The molecule has 10 nitrogen and oxygen atoms in total. The highest BCUT2D eigenvalue weighted by Gasteiger charge is 2.25. The molecular formula is C25H31N9OS. The van der Waals surface area contributed by atoms with Crippen molar-refractivity contribution in [3.63, 3.8) is 0 Å². The molecule has 0 aliphatic carbocycles. The Labute approximate surface area is 214 Å². The van der Waals surface area contributed by atoms with Gasteiger partial charge in [-0.3, -0.25) is 19.1 Å². The molecule has 1 aliphatic heterocycles. The lowest BCUT2D eigenvalue weighted by atomic mass is 9.92. The van der Waals surface area contributed by atoms with Gasteiger partial charge in [-0.2, -0.15) is 10.2 Å². The number of rotatable bonds is 6. The first-order valence-corrected chi connectivity index (χ1v) is 12.8. The number of aryl methyl sites for hydroxylation is 2. The molecule has 0 unspecified atom stereocenters. The second-order valence-corrected chi connectivity index (χ2v) is 11.2. The third-order valence-corrected chi connectivity index (χ3v) is 7.25. The third-order valence-electron chi connectivity index (χ3n) is 6.23. The van der Waals surface area contributed by atoms with E-state index in [4.69, 9.17) is 0 Å². The highest BCUT2D eigenvalue weighted by Crippen LogP contribution is 2.30. The van der Waals surface area contributed by atoms with Crippen LogP contribution in [0.4, 0.5) is 17.5 Å². The molecule has 4 aromatic heterocycles. The fourth-order valence-electron chi connectivity index (χ4n) is 4.22. The lowest BCUT2D eigenvalue weighted by molar-refractivity contribution is 0.102. The van der Waals surface area contributed by atoms with E-state index < -0.39 is 0 Å². The zero-order valence-electron chi connectivity index (χ0n) is 21.2. The average Bonchev–Trinajstić information content (AvgIpc) is 3.53. The van der Waals surface area contributed by atoms with Gasteiger partial charge in [-0.1, -0.05) is 20.8 Å². The number of aromatic nitrogens is 6. The van der Waals surface area contributed by atoms with Gasteiger partial charge in [-0.25, -0.2) is 9.97 Å². The third kappa shape index (κ3) is 5.17. The van der Waals surface area contributed by atoms with Gasteiger partial charge in [0.15, 0.2) is 0 Å². The van der Waals surface area contributed by atoms with Crippen molar-refractivity contribution < 1.29 is 4.79 Å². The number of amides is 1. The van der Waals surface area contributed by atoms with Crippen LogP contribution >= 0.6 is 11.3 Å². The van der Waals surface area contributed by atoms with E-state index in [0.29, 0.717) is 11.8 Å². The standard InChI is InChI=1S/C25H31N9OS/c1-25(2,3)21-8-22(33(5)31-21)30-23(35)19-15-36-20-14-34(7-6-18(19)20)12-16-9-26-24(27-10-16)29-17-11-28-32(4)13-17/h8-11,13,15H,6-7,12,14H2,1-5H3,(H,30,35)(H,26,27,29). The summed E-state index contributed by atoms with van der Waals surface area (Å²) >= 11 is 1.65. The van der Waals surface area contributed by atoms with Gasteiger partial charge in [-0.15, -0.1) is 11.3 Å². The maximum atomic E-state index is 13.1. The number of hydrogen-bond acceptors (Lipinski definition) is 8. The van der Waals surface area contributed by atoms with Crippen LogP contribution in [0.1, 0.15) is 52.8 Å². The average molecular weight is 506 g/mol. The largest absolute Gasteiger partial charge is 0.321 e. The van der Waals surface area contributed by atoms with Gasteiger partial charge in [0.2, 0.25) is 5.95 Å². The van der Waals surface area contributed by atoms with Crippen molar-refractivity contribution in [1.82, 2.24) is 34.4 Å². The molecule has 0 spiro atoms. The van der Waals surface area contributed by atoms with Gasteiger partial charge < -0.3 is 10.6 Å². The zero-order chi connectivity index (χ0) is 25.4. The molecule has 5 heterocycles. The summed E-state index contributed by atoms with van der Waals surface area (Å²) in [6, 6.07) is 1.96. The summed E-state index contributed by atoms with van der Waals surface area (Å²) in [6.07, 6.45) is 8.15. The van der Waals surface area contributed by atoms with E-state index in [0.717, 1.165) is 54.1 Å². The van der Waals surface area contributed by atoms with Crippen LogP contribution in [0.15, 0.2) is 36.2 Å². The van der Waals surface area contributed by atoms with Gasteiger partial charge in [-0.05, 0) is 12.0 Å². The fourth-order valence-corrected chi connectivity index (χ4v) is 5.34. The van der Waals surface area contributed by atoms with Crippen molar-refractivity contribution in [1.29, 1.82) is 0 Å². The molecule has 0 atom stereocenters. The number of nitrogens with one attached hydrogen (secondary N) is 2. The van der Waals surface area contributed by atoms with Gasteiger partial charge in [0, 0.05) is 79.6 Å². The SMILES string of the molecule is Cn1cc(Nc2ncc(CN3CCc4c(C(=O)Nc5cc(C(C)(C)C)nn5C)csc4C3)cn2)cn1. The van der Waals surface area contributed by atoms with Crippen LogP contribution in [0.5, 0.6) is 0 Å². The van der Waals surface area contributed by atoms with E-state index in [-0.39, 0.29) is 11.3 Å². The number of fused-ring (bicyclic) bond motifs is 1. The molecule has 0 saturated carbocycles. The number of hydrogen-bond donors (Lipinski definition) is 2. The van der Waals surface area contributed by atoms with Gasteiger partial charge in [0.1, 0.15) is 5.82 Å². The molecule has 1 aliphatic rings. The number of anilines is 3. The second kappa shape index (κ2) is 9.47. The molecule has 2 N–H and O–H groups in total. The number of nitrogens with zero attached hydrogens (tertiary/aromatic N) is 7. The van der Waals surface area contributed by atoms with Crippen molar-refractivity contribution >= 4 is 34.7 Å². The lowest BCUT2D eigenvalue weighted by Gasteiger charge is -2.27. The summed E-state index contributed by atoms with van der Waals surface area (Å²) < 4.78 is 3.46. The van der Waals surface area contributed by atoms with E-state index in [1.54, 1.807) is 26.9 Å². The first-order valence-electron chi connectivity index (χ1n) is 11.9. The van der Waals surface area contributed by atoms with Gasteiger partial charge >= 0.3 is 0 Å². The van der Waals surface area contributed by atoms with E-state index in [2.05, 4.69) is 56.5 Å². The molecule has 0 saturated heterocycles. The maximum Gasteiger partial charge on any atom is 0.257 e. The van der Waals surface area contributed by atoms with Crippen molar-refractivity contribution in [3.8, 4) is 0 Å². The highest BCUT2D eigenvalue weighted by molar-refractivity contribution is 7.10. The van der Waals surface area contributed by atoms with Crippen LogP contribution in [0.2, 0.25) is 0 Å². The van der Waals surface area contributed by atoms with Crippen LogP contribution in [-0.2, 0) is 39.0 Å². The van der Waals surface area contributed by atoms with Crippen molar-refractivity contribution in [2.75, 3.05) is 17.2 Å². The molecule has 5 rings (SSSR count). The van der Waals surface area contributed by atoms with Crippen LogP contribution in [-0.4, -0.2) is 46.9 Å². The Morgan fingerprint density at radius 2 is 1.94 bits per heavy atom. The van der Waals surface area contributed by atoms with E-state index in [1.807, 2.05) is 44.1 Å². The summed E-state index contributed by atoms with van der Waals surface area (Å²) in [5.74, 6) is 1.18. The van der Waals surface area contributed by atoms with E-state index >= 15 is 0 Å². The number of thiophene rings is 1. The van der Waals surface area contributed by atoms with Crippen LogP contribution < -0.4 is 10.6 Å². The minimum Gasteiger partial charge on any atom is -0.321 e. The lowest BCUT2D eigenvalue weighted by Crippen LogP contribution is -2.30. The first-order chi connectivity index (χ1) is 17.2. The number of carbonyl (C=O) groups is 1. The van der Waals surface area contributed by atoms with Crippen molar-refractivity contribution in [2.45, 2.75) is 45.7 Å². The summed E-state index contributed by atoms with van der Waals surface area (Å²) in [7, 11) is 3.72. The smallest absolute Gasteiger partial charge is 0.257 e. The summed E-state index contributed by atoms with van der Waals surface area (Å²) in [5, 5.41) is 16.9. The second-order valence-electron chi connectivity index (χ2n) is 10.2. The summed E-state index contributed by atoms with van der Waals surface area (Å²) in [6.45, 7) is 8.78. The van der Waals surface area contributed by atoms with E-state index in [1.165, 1.54) is 4.88 Å². The summed E-state index contributed by atoms with van der Waals surface area (Å²) in [4.78, 5) is 25.6. The Kier molecular flexibility index (Phi) is 6.35. The maximum absolute atomic E-state index is 13.1. The Bertz CT molecular complexity index is 1380. The van der Waals surface area contributed by atoms with Crippen molar-refractivity contribution in [2.24, 2.45) is 14.1 Å². The van der Waals surface area contributed by atoms with Gasteiger partial charge in [0.05, 0.1) is 23.1 Å². The Hall–Kier alpha value is -3.57. The Morgan fingerprint density at radius 1 is 1.17 bits per heavy atom. The van der Waals surface area contributed by atoms with Crippen LogP contribution in [0.3, 0.4) is 0 Å². The minimum atomic E-state index is -0.0764. The van der Waals surface area contributed by atoms with Crippen molar-refractivity contribution in [3.05, 3.63) is 63.5 Å². The zero-order valence-corrected chi connectivity index (χ0v) is 22.1. The molecule has 0 bridgehead atoms. The molecule has 0 aromatic carbocycles. The first kappa shape index (κ1) is 24.1. The molecule has 1 amide bonds. The van der Waals surface area contributed by atoms with Crippen LogP contribution in [0, 0.1) is 0 Å². The number of carbonyl (C=O) groups excluding carboxylic acids is 1. The molecule has 36 heavy (non-hydrogen) atoms. The molecule has 4 aromatic rings. The Balaban J connectivity index is 1.21. The monoisotopic (exact) mass is 505 g/mol. The molecular weight excluding hydrogens is 474 g/mol. The van der Waals surface area contributed by atoms with Crippen LogP contribution in [0.25, 0.3) is 0 Å². The quantitative estimate of drug-likeness (QED) is 0.410. The molecule has 0 fully saturated rings. The van der Waals surface area contributed by atoms with Gasteiger partial charge in [0.25, 0.3) is 5.91 Å².